The number of rotatable bonds is 1. The van der Waals surface area contributed by atoms with E-state index in [1.54, 1.807) is 6.92 Å². The van der Waals surface area contributed by atoms with Gasteiger partial charge in [0.05, 0.1) is 5.56 Å². The number of anilines is 1. The van der Waals surface area contributed by atoms with Crippen LogP contribution in [0.1, 0.15) is 11.1 Å². The van der Waals surface area contributed by atoms with Crippen LogP contribution in [-0.4, -0.2) is 9.97 Å². The summed E-state index contributed by atoms with van der Waals surface area (Å²) in [5, 5.41) is 0. The predicted molar refractivity (Wildman–Crippen MR) is 61.6 cm³/mol. The molecule has 0 fully saturated rings. The third-order valence-electron chi connectivity index (χ3n) is 2.48. The van der Waals surface area contributed by atoms with Gasteiger partial charge < -0.3 is 5.73 Å². The van der Waals surface area contributed by atoms with Gasteiger partial charge in [0.1, 0.15) is 5.82 Å². The Hall–Kier alpha value is -2.11. The maximum Gasteiger partial charge on any atom is 0.416 e. The number of benzene rings is 1. The fourth-order valence-electron chi connectivity index (χ4n) is 1.40. The number of aryl methyl sites for hydroxylation is 1. The summed E-state index contributed by atoms with van der Waals surface area (Å²) in [7, 11) is 0. The van der Waals surface area contributed by atoms with Crippen LogP contribution in [0.5, 0.6) is 0 Å². The lowest BCUT2D eigenvalue weighted by atomic mass is 10.1. The van der Waals surface area contributed by atoms with E-state index in [0.717, 1.165) is 17.7 Å². The standard InChI is InChI=1S/C12H10F3N3/c1-7-6-17-11(18-10(7)16)8-2-4-9(5-3-8)12(13,14)15/h2-6H,1H3,(H2,16,17,18). The number of hydrogen-bond acceptors (Lipinski definition) is 3. The highest BCUT2D eigenvalue weighted by Crippen LogP contribution is 2.30. The summed E-state index contributed by atoms with van der Waals surface area (Å²) >= 11 is 0. The van der Waals surface area contributed by atoms with Gasteiger partial charge in [0.15, 0.2) is 5.82 Å². The molecule has 94 valence electrons. The summed E-state index contributed by atoms with van der Waals surface area (Å²) < 4.78 is 37.2. The zero-order valence-electron chi connectivity index (χ0n) is 9.49. The number of halogens is 3. The van der Waals surface area contributed by atoms with Crippen molar-refractivity contribution in [1.82, 2.24) is 9.97 Å². The van der Waals surface area contributed by atoms with E-state index in [-0.39, 0.29) is 0 Å². The number of hydrogen-bond donors (Lipinski definition) is 1. The van der Waals surface area contributed by atoms with E-state index in [9.17, 15) is 13.2 Å². The van der Waals surface area contributed by atoms with Gasteiger partial charge in [-0.3, -0.25) is 0 Å². The van der Waals surface area contributed by atoms with Crippen molar-refractivity contribution in [1.29, 1.82) is 0 Å². The molecule has 0 unspecified atom stereocenters. The lowest BCUT2D eigenvalue weighted by molar-refractivity contribution is -0.137. The highest BCUT2D eigenvalue weighted by molar-refractivity contribution is 5.58. The van der Waals surface area contributed by atoms with Crippen molar-refractivity contribution in [2.24, 2.45) is 0 Å². The molecule has 0 amide bonds. The molecular weight excluding hydrogens is 243 g/mol. The average molecular weight is 253 g/mol. The predicted octanol–water partition coefficient (Wildman–Crippen LogP) is 3.05. The Morgan fingerprint density at radius 2 is 1.72 bits per heavy atom. The average Bonchev–Trinajstić information content (AvgIpc) is 2.32. The highest BCUT2D eigenvalue weighted by Gasteiger charge is 2.30. The summed E-state index contributed by atoms with van der Waals surface area (Å²) in [6.07, 6.45) is -2.80. The van der Waals surface area contributed by atoms with Crippen LogP contribution in [0.3, 0.4) is 0 Å². The normalized spacial score (nSPS) is 11.6. The minimum Gasteiger partial charge on any atom is -0.383 e. The van der Waals surface area contributed by atoms with Gasteiger partial charge in [0.2, 0.25) is 0 Å². The molecule has 1 aromatic heterocycles. The van der Waals surface area contributed by atoms with E-state index in [1.807, 2.05) is 0 Å². The third kappa shape index (κ3) is 2.42. The topological polar surface area (TPSA) is 51.8 Å². The zero-order chi connectivity index (χ0) is 13.3. The Bertz CT molecular complexity index is 562. The largest absolute Gasteiger partial charge is 0.416 e. The van der Waals surface area contributed by atoms with Crippen molar-refractivity contribution in [3.05, 3.63) is 41.6 Å². The molecule has 6 heteroatoms. The van der Waals surface area contributed by atoms with E-state index in [0.29, 0.717) is 17.2 Å². The fraction of sp³-hybridized carbons (Fsp3) is 0.167. The molecule has 0 aliphatic carbocycles. The minimum atomic E-state index is -4.34. The van der Waals surface area contributed by atoms with Crippen molar-refractivity contribution in [3.63, 3.8) is 0 Å². The smallest absolute Gasteiger partial charge is 0.383 e. The van der Waals surface area contributed by atoms with Gasteiger partial charge in [-0.05, 0) is 19.1 Å². The monoisotopic (exact) mass is 253 g/mol. The molecule has 1 heterocycles. The maximum absolute atomic E-state index is 12.4. The molecule has 3 nitrogen and oxygen atoms in total. The second-order valence-electron chi connectivity index (χ2n) is 3.84. The Labute approximate surface area is 101 Å². The van der Waals surface area contributed by atoms with E-state index in [2.05, 4.69) is 9.97 Å². The summed E-state index contributed by atoms with van der Waals surface area (Å²) in [5.74, 6) is 0.631. The van der Waals surface area contributed by atoms with Crippen LogP contribution >= 0.6 is 0 Å². The van der Waals surface area contributed by atoms with Crippen LogP contribution in [-0.2, 0) is 6.18 Å². The summed E-state index contributed by atoms with van der Waals surface area (Å²) in [6.45, 7) is 1.76. The highest BCUT2D eigenvalue weighted by atomic mass is 19.4. The number of alkyl halides is 3. The molecule has 0 bridgehead atoms. The van der Waals surface area contributed by atoms with Gasteiger partial charge in [0.25, 0.3) is 0 Å². The number of aromatic nitrogens is 2. The van der Waals surface area contributed by atoms with E-state index < -0.39 is 11.7 Å². The first-order valence-electron chi connectivity index (χ1n) is 5.14. The van der Waals surface area contributed by atoms with Crippen LogP contribution in [0, 0.1) is 6.92 Å². The Kier molecular flexibility index (Phi) is 2.94. The molecule has 0 saturated carbocycles. The second-order valence-corrected chi connectivity index (χ2v) is 3.84. The maximum atomic E-state index is 12.4. The van der Waals surface area contributed by atoms with E-state index in [1.165, 1.54) is 18.3 Å². The van der Waals surface area contributed by atoms with Crippen LogP contribution < -0.4 is 5.73 Å². The van der Waals surface area contributed by atoms with Crippen molar-refractivity contribution in [2.45, 2.75) is 13.1 Å². The van der Waals surface area contributed by atoms with Crippen molar-refractivity contribution in [3.8, 4) is 11.4 Å². The lowest BCUT2D eigenvalue weighted by Crippen LogP contribution is -2.04. The van der Waals surface area contributed by atoms with Gasteiger partial charge in [-0.15, -0.1) is 0 Å². The van der Waals surface area contributed by atoms with Crippen LogP contribution in [0.25, 0.3) is 11.4 Å². The van der Waals surface area contributed by atoms with Crippen molar-refractivity contribution < 1.29 is 13.2 Å². The first-order chi connectivity index (χ1) is 8.38. The second kappa shape index (κ2) is 4.29. The molecule has 0 spiro atoms. The molecule has 0 aliphatic rings. The van der Waals surface area contributed by atoms with E-state index >= 15 is 0 Å². The molecule has 2 rings (SSSR count). The Morgan fingerprint density at radius 3 is 2.22 bits per heavy atom. The van der Waals surface area contributed by atoms with Gasteiger partial charge in [-0.1, -0.05) is 12.1 Å². The number of nitrogens with zero attached hydrogens (tertiary/aromatic N) is 2. The van der Waals surface area contributed by atoms with Crippen molar-refractivity contribution >= 4 is 5.82 Å². The SMILES string of the molecule is Cc1cnc(-c2ccc(C(F)(F)F)cc2)nc1N. The quantitative estimate of drug-likeness (QED) is 0.849. The van der Waals surface area contributed by atoms with Gasteiger partial charge in [0, 0.05) is 17.3 Å². The van der Waals surface area contributed by atoms with Crippen LogP contribution in [0.4, 0.5) is 19.0 Å². The van der Waals surface area contributed by atoms with Gasteiger partial charge in [-0.2, -0.15) is 13.2 Å². The molecular formula is C12H10F3N3. The lowest BCUT2D eigenvalue weighted by Gasteiger charge is -2.07. The van der Waals surface area contributed by atoms with Crippen LogP contribution in [0.2, 0.25) is 0 Å². The fourth-order valence-corrected chi connectivity index (χ4v) is 1.40. The summed E-state index contributed by atoms with van der Waals surface area (Å²) in [5.41, 5.74) is 6.15. The molecule has 0 aliphatic heterocycles. The van der Waals surface area contributed by atoms with Crippen molar-refractivity contribution in [2.75, 3.05) is 5.73 Å². The Morgan fingerprint density at radius 1 is 1.11 bits per heavy atom. The minimum absolute atomic E-state index is 0.312. The molecule has 0 radical (unpaired) electrons. The first kappa shape index (κ1) is 12.3. The third-order valence-corrected chi connectivity index (χ3v) is 2.48. The molecule has 0 saturated heterocycles. The number of nitrogens with two attached hydrogens (primary N) is 1. The first-order valence-corrected chi connectivity index (χ1v) is 5.14. The molecule has 0 atom stereocenters. The molecule has 2 N–H and O–H groups in total. The molecule has 2 aromatic rings. The number of nitrogen functional groups attached to an aromatic ring is 1. The zero-order valence-corrected chi connectivity index (χ0v) is 9.49. The van der Waals surface area contributed by atoms with E-state index in [4.69, 9.17) is 5.73 Å². The van der Waals surface area contributed by atoms with Crippen LogP contribution in [0.15, 0.2) is 30.5 Å². The van der Waals surface area contributed by atoms with Gasteiger partial charge >= 0.3 is 6.18 Å². The molecule has 18 heavy (non-hydrogen) atoms. The Balaban J connectivity index is 2.37. The molecule has 1 aromatic carbocycles. The summed E-state index contributed by atoms with van der Waals surface area (Å²) in [6, 6.07) is 4.64. The summed E-state index contributed by atoms with van der Waals surface area (Å²) in [4.78, 5) is 8.05. The van der Waals surface area contributed by atoms with Gasteiger partial charge in [-0.25, -0.2) is 9.97 Å².